The molecule has 1 saturated heterocycles. The average Bonchev–Trinajstić information content (AvgIpc) is 2.78. The van der Waals surface area contributed by atoms with Crippen molar-refractivity contribution in [1.82, 2.24) is 4.90 Å². The lowest BCUT2D eigenvalue weighted by atomic mass is 9.79. The molecular formula is C24H29ClN2O4. The number of ether oxygens (including phenoxy) is 3. The molecule has 0 bridgehead atoms. The molecule has 2 aromatic carbocycles. The summed E-state index contributed by atoms with van der Waals surface area (Å²) in [5.41, 5.74) is 4.76. The Morgan fingerprint density at radius 3 is 2.55 bits per heavy atom. The molecule has 2 atom stereocenters. The number of halogens is 1. The van der Waals surface area contributed by atoms with Gasteiger partial charge in [-0.1, -0.05) is 12.1 Å². The van der Waals surface area contributed by atoms with Crippen LogP contribution in [0.25, 0.3) is 0 Å². The van der Waals surface area contributed by atoms with Gasteiger partial charge in [0.15, 0.2) is 11.5 Å². The first-order valence-electron chi connectivity index (χ1n) is 10.4. The van der Waals surface area contributed by atoms with Gasteiger partial charge in [-0.2, -0.15) is 0 Å². The van der Waals surface area contributed by atoms with Crippen LogP contribution in [0.3, 0.4) is 0 Å². The largest absolute Gasteiger partial charge is 0.493 e. The number of likely N-dealkylation sites (tertiary alicyclic amines) is 1. The number of benzene rings is 2. The number of rotatable bonds is 5. The highest BCUT2D eigenvalue weighted by Gasteiger charge is 2.36. The molecule has 7 heteroatoms. The Kier molecular flexibility index (Phi) is 7.23. The van der Waals surface area contributed by atoms with Crippen molar-refractivity contribution in [3.05, 3.63) is 58.7 Å². The third-order valence-electron chi connectivity index (χ3n) is 5.94. The fourth-order valence-electron chi connectivity index (χ4n) is 4.43. The van der Waals surface area contributed by atoms with Crippen LogP contribution in [0.4, 0.5) is 0 Å². The first kappa shape index (κ1) is 23.1. The number of carbonyl (C=O) groups is 1. The number of hydrogen-bond donors (Lipinski definition) is 0. The Morgan fingerprint density at radius 2 is 1.90 bits per heavy atom. The summed E-state index contributed by atoms with van der Waals surface area (Å²) >= 11 is 0. The van der Waals surface area contributed by atoms with Crippen LogP contribution in [-0.2, 0) is 4.74 Å². The quantitative estimate of drug-likeness (QED) is 0.654. The Balaban J connectivity index is 0.00000272. The van der Waals surface area contributed by atoms with Gasteiger partial charge in [-0.25, -0.2) is 4.79 Å². The molecule has 0 saturated carbocycles. The number of likely N-dealkylation sites (N-methyl/N-ethyl adjacent to an activating group) is 1. The third kappa shape index (κ3) is 4.41. The highest BCUT2D eigenvalue weighted by atomic mass is 35.5. The van der Waals surface area contributed by atoms with Gasteiger partial charge in [0, 0.05) is 23.6 Å². The number of hydrogen-bond acceptors (Lipinski definition) is 6. The molecule has 2 aliphatic heterocycles. The van der Waals surface area contributed by atoms with Gasteiger partial charge in [0.1, 0.15) is 0 Å². The van der Waals surface area contributed by atoms with Crippen LogP contribution in [0.5, 0.6) is 11.5 Å². The molecule has 1 fully saturated rings. The molecule has 31 heavy (non-hydrogen) atoms. The van der Waals surface area contributed by atoms with E-state index >= 15 is 0 Å². The minimum absolute atomic E-state index is 0. The molecule has 6 nitrogen and oxygen atoms in total. The molecule has 166 valence electrons. The van der Waals surface area contributed by atoms with Crippen LogP contribution in [0.15, 0.2) is 41.4 Å². The number of fused-ring (bicyclic) bond motifs is 3. The molecule has 0 radical (unpaired) electrons. The molecular weight excluding hydrogens is 416 g/mol. The number of nitrogens with zero attached hydrogens (tertiary/aromatic N) is 2. The lowest BCUT2D eigenvalue weighted by Gasteiger charge is -2.39. The van der Waals surface area contributed by atoms with E-state index in [1.165, 1.54) is 12.7 Å². The summed E-state index contributed by atoms with van der Waals surface area (Å²) in [6.45, 7) is 4.56. The Hall–Kier alpha value is -2.57. The predicted octanol–water partition coefficient (Wildman–Crippen LogP) is 3.94. The molecule has 2 heterocycles. The van der Waals surface area contributed by atoms with Crippen molar-refractivity contribution in [1.29, 1.82) is 0 Å². The minimum Gasteiger partial charge on any atom is -0.493 e. The van der Waals surface area contributed by atoms with E-state index in [9.17, 15) is 4.79 Å². The van der Waals surface area contributed by atoms with Crippen LogP contribution in [0.1, 0.15) is 46.3 Å². The lowest BCUT2D eigenvalue weighted by Crippen LogP contribution is -2.41. The predicted molar refractivity (Wildman–Crippen MR) is 123 cm³/mol. The van der Waals surface area contributed by atoms with Crippen LogP contribution in [-0.4, -0.2) is 63.6 Å². The van der Waals surface area contributed by atoms with Gasteiger partial charge in [-0.05, 0) is 56.8 Å². The molecule has 0 spiro atoms. The molecule has 0 amide bonds. The van der Waals surface area contributed by atoms with Gasteiger partial charge >= 0.3 is 5.97 Å². The molecule has 2 unspecified atom stereocenters. The van der Waals surface area contributed by atoms with Crippen LogP contribution in [0, 0.1) is 0 Å². The van der Waals surface area contributed by atoms with E-state index in [1.54, 1.807) is 19.2 Å². The standard InChI is InChI=1S/C24H28N2O4.ClH/c1-5-30-22-12-17-18(13-21(22)28-3)23(25-20-10-11-26(2)14-19(17)20)15-6-8-16(9-7-15)24(27)29-4;/h6-9,12-13,19-20H,5,10-11,14H2,1-4H3;1H. The summed E-state index contributed by atoms with van der Waals surface area (Å²) in [4.78, 5) is 19.3. The highest BCUT2D eigenvalue weighted by Crippen LogP contribution is 2.42. The van der Waals surface area contributed by atoms with Crippen molar-refractivity contribution in [2.75, 3.05) is 41.0 Å². The van der Waals surface area contributed by atoms with E-state index in [0.29, 0.717) is 23.8 Å². The van der Waals surface area contributed by atoms with Gasteiger partial charge in [-0.3, -0.25) is 4.99 Å². The summed E-state index contributed by atoms with van der Waals surface area (Å²) in [5, 5.41) is 0. The van der Waals surface area contributed by atoms with Crippen LogP contribution >= 0.6 is 12.4 Å². The minimum atomic E-state index is -0.342. The number of methoxy groups -OCH3 is 2. The zero-order valence-electron chi connectivity index (χ0n) is 18.4. The second kappa shape index (κ2) is 9.71. The average molecular weight is 445 g/mol. The van der Waals surface area contributed by atoms with E-state index in [0.717, 1.165) is 42.1 Å². The normalized spacial score (nSPS) is 19.9. The maximum absolute atomic E-state index is 11.8. The van der Waals surface area contributed by atoms with Gasteiger partial charge in [0.2, 0.25) is 0 Å². The molecule has 0 N–H and O–H groups in total. The molecule has 4 rings (SSSR count). The summed E-state index contributed by atoms with van der Waals surface area (Å²) < 4.78 is 16.3. The number of carbonyl (C=O) groups excluding carboxylic acids is 1. The van der Waals surface area contributed by atoms with E-state index < -0.39 is 0 Å². The second-order valence-corrected chi connectivity index (χ2v) is 7.79. The van der Waals surface area contributed by atoms with Crippen molar-refractivity contribution in [3.8, 4) is 11.5 Å². The molecule has 2 aliphatic rings. The third-order valence-corrected chi connectivity index (χ3v) is 5.94. The van der Waals surface area contributed by atoms with Gasteiger partial charge in [0.25, 0.3) is 0 Å². The summed E-state index contributed by atoms with van der Waals surface area (Å²) in [7, 11) is 5.21. The SMILES string of the molecule is CCOc1cc2c(cc1OC)C(c1ccc(C(=O)OC)cc1)=NC1CCN(C)CC21.Cl. The van der Waals surface area contributed by atoms with Gasteiger partial charge in [-0.15, -0.1) is 12.4 Å². The smallest absolute Gasteiger partial charge is 0.337 e. The van der Waals surface area contributed by atoms with Crippen molar-refractivity contribution in [2.24, 2.45) is 4.99 Å². The molecule has 0 aliphatic carbocycles. The van der Waals surface area contributed by atoms with E-state index in [-0.39, 0.29) is 24.4 Å². The molecule has 0 aromatic heterocycles. The maximum Gasteiger partial charge on any atom is 0.337 e. The van der Waals surface area contributed by atoms with Gasteiger partial charge in [0.05, 0.1) is 38.1 Å². The zero-order chi connectivity index (χ0) is 21.3. The van der Waals surface area contributed by atoms with E-state index in [4.69, 9.17) is 19.2 Å². The highest BCUT2D eigenvalue weighted by molar-refractivity contribution is 6.15. The number of esters is 1. The maximum atomic E-state index is 11.8. The van der Waals surface area contributed by atoms with Gasteiger partial charge < -0.3 is 19.1 Å². The van der Waals surface area contributed by atoms with Crippen molar-refractivity contribution < 1.29 is 19.0 Å². The fourth-order valence-corrected chi connectivity index (χ4v) is 4.43. The summed E-state index contributed by atoms with van der Waals surface area (Å²) in [5.74, 6) is 1.46. The van der Waals surface area contributed by atoms with Crippen LogP contribution in [0.2, 0.25) is 0 Å². The van der Waals surface area contributed by atoms with Crippen molar-refractivity contribution in [2.45, 2.75) is 25.3 Å². The number of aliphatic imine (C=N–C) groups is 1. The van der Waals surface area contributed by atoms with Crippen molar-refractivity contribution in [3.63, 3.8) is 0 Å². The Morgan fingerprint density at radius 1 is 1.16 bits per heavy atom. The summed E-state index contributed by atoms with van der Waals surface area (Å²) in [6.07, 6.45) is 1.01. The zero-order valence-corrected chi connectivity index (χ0v) is 19.2. The first-order valence-corrected chi connectivity index (χ1v) is 10.4. The molecule has 2 aromatic rings. The van der Waals surface area contributed by atoms with Crippen LogP contribution < -0.4 is 9.47 Å². The number of piperidine rings is 1. The van der Waals surface area contributed by atoms with E-state index in [2.05, 4.69) is 18.0 Å². The Bertz CT molecular complexity index is 974. The summed E-state index contributed by atoms with van der Waals surface area (Å²) in [6, 6.07) is 11.8. The van der Waals surface area contributed by atoms with E-state index in [1.807, 2.05) is 25.1 Å². The topological polar surface area (TPSA) is 60.4 Å². The first-order chi connectivity index (χ1) is 14.5. The second-order valence-electron chi connectivity index (χ2n) is 7.79. The fraction of sp³-hybridized carbons (Fsp3) is 0.417. The monoisotopic (exact) mass is 444 g/mol. The Labute approximate surface area is 189 Å². The van der Waals surface area contributed by atoms with Crippen molar-refractivity contribution >= 4 is 24.1 Å². The lowest BCUT2D eigenvalue weighted by molar-refractivity contribution is 0.0600.